The molecular formula is C19H37IN4O2. The molecule has 7 heteroatoms. The number of halogens is 1. The van der Waals surface area contributed by atoms with E-state index in [1.807, 2.05) is 4.90 Å². The second kappa shape index (κ2) is 13.6. The SMILES string of the molecule is CCNC(=NCCCN1CCCCCC1=O)N1CCC(OCC)CC1.I. The Hall–Kier alpha value is -0.570. The van der Waals surface area contributed by atoms with E-state index in [0.717, 1.165) is 90.4 Å². The zero-order valence-electron chi connectivity index (χ0n) is 16.5. The molecule has 0 atom stereocenters. The van der Waals surface area contributed by atoms with Gasteiger partial charge in [-0.15, -0.1) is 24.0 Å². The minimum Gasteiger partial charge on any atom is -0.378 e. The van der Waals surface area contributed by atoms with Crippen LogP contribution in [0.5, 0.6) is 0 Å². The van der Waals surface area contributed by atoms with Crippen LogP contribution in [0, 0.1) is 0 Å². The van der Waals surface area contributed by atoms with E-state index in [4.69, 9.17) is 9.73 Å². The van der Waals surface area contributed by atoms with Gasteiger partial charge in [-0.1, -0.05) is 6.42 Å². The van der Waals surface area contributed by atoms with E-state index in [1.54, 1.807) is 0 Å². The second-order valence-corrected chi connectivity index (χ2v) is 6.92. The van der Waals surface area contributed by atoms with Crippen molar-refractivity contribution in [3.8, 4) is 0 Å². The normalized spacial score (nSPS) is 19.9. The Morgan fingerprint density at radius 2 is 1.96 bits per heavy atom. The zero-order chi connectivity index (χ0) is 17.9. The summed E-state index contributed by atoms with van der Waals surface area (Å²) in [4.78, 5) is 21.2. The number of rotatable bonds is 7. The smallest absolute Gasteiger partial charge is 0.222 e. The van der Waals surface area contributed by atoms with Gasteiger partial charge in [0, 0.05) is 52.3 Å². The van der Waals surface area contributed by atoms with Crippen LogP contribution in [0.2, 0.25) is 0 Å². The molecule has 0 saturated carbocycles. The van der Waals surface area contributed by atoms with Gasteiger partial charge < -0.3 is 19.9 Å². The number of nitrogens with one attached hydrogen (secondary N) is 1. The van der Waals surface area contributed by atoms with Crippen LogP contribution < -0.4 is 5.32 Å². The maximum absolute atomic E-state index is 12.0. The van der Waals surface area contributed by atoms with Gasteiger partial charge in [0.15, 0.2) is 5.96 Å². The van der Waals surface area contributed by atoms with Gasteiger partial charge in [0.2, 0.25) is 5.91 Å². The van der Waals surface area contributed by atoms with Crippen molar-refractivity contribution in [3.05, 3.63) is 0 Å². The van der Waals surface area contributed by atoms with Crippen molar-refractivity contribution in [3.63, 3.8) is 0 Å². The van der Waals surface area contributed by atoms with Gasteiger partial charge >= 0.3 is 0 Å². The summed E-state index contributed by atoms with van der Waals surface area (Å²) in [6, 6.07) is 0. The maximum atomic E-state index is 12.0. The minimum atomic E-state index is 0. The summed E-state index contributed by atoms with van der Waals surface area (Å²) in [5.74, 6) is 1.34. The van der Waals surface area contributed by atoms with Crippen molar-refractivity contribution in [2.75, 3.05) is 45.9 Å². The summed E-state index contributed by atoms with van der Waals surface area (Å²) >= 11 is 0. The van der Waals surface area contributed by atoms with E-state index >= 15 is 0 Å². The molecule has 2 fully saturated rings. The number of carbonyl (C=O) groups excluding carboxylic acids is 1. The van der Waals surface area contributed by atoms with E-state index in [2.05, 4.69) is 24.1 Å². The standard InChI is InChI=1S/C19H36N4O2.HI/c1-3-20-19(23-15-10-17(11-16-23)25-4-2)21-12-8-14-22-13-7-5-6-9-18(22)24;/h17H,3-16H2,1-2H3,(H,20,21);1H. The van der Waals surface area contributed by atoms with E-state index < -0.39 is 0 Å². The molecule has 0 aromatic rings. The molecule has 2 rings (SSSR count). The van der Waals surface area contributed by atoms with Crippen molar-refractivity contribution < 1.29 is 9.53 Å². The number of guanidine groups is 1. The molecule has 0 spiro atoms. The van der Waals surface area contributed by atoms with Crippen LogP contribution >= 0.6 is 24.0 Å². The Balaban J connectivity index is 0.00000338. The molecule has 0 aromatic heterocycles. The summed E-state index contributed by atoms with van der Waals surface area (Å²) in [6.45, 7) is 10.4. The molecule has 0 aliphatic carbocycles. The van der Waals surface area contributed by atoms with E-state index in [1.165, 1.54) is 6.42 Å². The third-order valence-corrected chi connectivity index (χ3v) is 5.00. The van der Waals surface area contributed by atoms with E-state index in [-0.39, 0.29) is 24.0 Å². The molecule has 0 unspecified atom stereocenters. The summed E-state index contributed by atoms with van der Waals surface area (Å²) in [7, 11) is 0. The monoisotopic (exact) mass is 480 g/mol. The molecule has 6 nitrogen and oxygen atoms in total. The molecule has 2 aliphatic heterocycles. The predicted octanol–water partition coefficient (Wildman–Crippen LogP) is 2.86. The van der Waals surface area contributed by atoms with Crippen molar-refractivity contribution in [1.82, 2.24) is 15.1 Å². The fraction of sp³-hybridized carbons (Fsp3) is 0.895. The lowest BCUT2D eigenvalue weighted by Crippen LogP contribution is -2.47. The van der Waals surface area contributed by atoms with Crippen LogP contribution in [-0.4, -0.2) is 73.6 Å². The lowest BCUT2D eigenvalue weighted by molar-refractivity contribution is -0.130. The first-order chi connectivity index (χ1) is 12.2. The van der Waals surface area contributed by atoms with E-state index in [9.17, 15) is 4.79 Å². The van der Waals surface area contributed by atoms with Crippen LogP contribution in [0.25, 0.3) is 0 Å². The number of carbonyl (C=O) groups is 1. The van der Waals surface area contributed by atoms with Crippen molar-refractivity contribution >= 4 is 35.8 Å². The van der Waals surface area contributed by atoms with Gasteiger partial charge in [-0.2, -0.15) is 0 Å². The topological polar surface area (TPSA) is 57.2 Å². The van der Waals surface area contributed by atoms with Crippen LogP contribution in [0.1, 0.15) is 58.8 Å². The molecule has 0 bridgehead atoms. The van der Waals surface area contributed by atoms with Gasteiger partial charge in [0.25, 0.3) is 0 Å². The molecule has 1 N–H and O–H groups in total. The molecule has 2 heterocycles. The molecule has 0 aromatic carbocycles. The highest BCUT2D eigenvalue weighted by Gasteiger charge is 2.21. The Morgan fingerprint density at radius 3 is 2.65 bits per heavy atom. The minimum absolute atomic E-state index is 0. The first kappa shape index (κ1) is 23.5. The highest BCUT2D eigenvalue weighted by molar-refractivity contribution is 14.0. The number of aliphatic imine (C=N–C) groups is 1. The van der Waals surface area contributed by atoms with Crippen LogP contribution in [0.3, 0.4) is 0 Å². The Kier molecular flexibility index (Phi) is 12.3. The lowest BCUT2D eigenvalue weighted by Gasteiger charge is -2.34. The van der Waals surface area contributed by atoms with Crippen LogP contribution in [0.15, 0.2) is 4.99 Å². The number of piperidine rings is 1. The van der Waals surface area contributed by atoms with Crippen molar-refractivity contribution in [2.45, 2.75) is 64.9 Å². The van der Waals surface area contributed by atoms with Gasteiger partial charge in [-0.25, -0.2) is 0 Å². The number of ether oxygens (including phenoxy) is 1. The average Bonchev–Trinajstić information content (AvgIpc) is 2.83. The summed E-state index contributed by atoms with van der Waals surface area (Å²) in [5, 5.41) is 3.41. The second-order valence-electron chi connectivity index (χ2n) is 6.92. The van der Waals surface area contributed by atoms with Crippen LogP contribution in [0.4, 0.5) is 0 Å². The van der Waals surface area contributed by atoms with Gasteiger partial charge in [0.1, 0.15) is 0 Å². The summed E-state index contributed by atoms with van der Waals surface area (Å²) in [5.41, 5.74) is 0. The quantitative estimate of drug-likeness (QED) is 0.264. The fourth-order valence-corrected chi connectivity index (χ4v) is 3.62. The summed E-state index contributed by atoms with van der Waals surface area (Å²) < 4.78 is 5.73. The Bertz CT molecular complexity index is 426. The van der Waals surface area contributed by atoms with Crippen LogP contribution in [-0.2, 0) is 9.53 Å². The number of nitrogens with zero attached hydrogens (tertiary/aromatic N) is 3. The largest absolute Gasteiger partial charge is 0.378 e. The number of amides is 1. The molecule has 2 saturated heterocycles. The Labute approximate surface area is 176 Å². The molecule has 1 amide bonds. The first-order valence-electron chi connectivity index (χ1n) is 10.2. The number of hydrogen-bond acceptors (Lipinski definition) is 3. The average molecular weight is 480 g/mol. The molecule has 0 radical (unpaired) electrons. The van der Waals surface area contributed by atoms with Crippen molar-refractivity contribution in [2.24, 2.45) is 4.99 Å². The molecule has 26 heavy (non-hydrogen) atoms. The van der Waals surface area contributed by atoms with Gasteiger partial charge in [-0.3, -0.25) is 9.79 Å². The number of likely N-dealkylation sites (tertiary alicyclic amines) is 2. The number of hydrogen-bond donors (Lipinski definition) is 1. The third-order valence-electron chi connectivity index (χ3n) is 5.00. The Morgan fingerprint density at radius 1 is 1.19 bits per heavy atom. The first-order valence-corrected chi connectivity index (χ1v) is 10.2. The van der Waals surface area contributed by atoms with Gasteiger partial charge in [-0.05, 0) is 46.0 Å². The zero-order valence-corrected chi connectivity index (χ0v) is 18.9. The predicted molar refractivity (Wildman–Crippen MR) is 117 cm³/mol. The molecular weight excluding hydrogens is 443 g/mol. The maximum Gasteiger partial charge on any atom is 0.222 e. The van der Waals surface area contributed by atoms with E-state index in [0.29, 0.717) is 12.0 Å². The van der Waals surface area contributed by atoms with Gasteiger partial charge in [0.05, 0.1) is 6.10 Å². The summed E-state index contributed by atoms with van der Waals surface area (Å²) in [6.07, 6.45) is 7.58. The molecule has 2 aliphatic rings. The van der Waals surface area contributed by atoms with Crippen molar-refractivity contribution in [1.29, 1.82) is 0 Å². The fourth-order valence-electron chi connectivity index (χ4n) is 3.62. The third kappa shape index (κ3) is 7.98. The molecule has 152 valence electrons. The highest BCUT2D eigenvalue weighted by atomic mass is 127. The highest BCUT2D eigenvalue weighted by Crippen LogP contribution is 2.14. The lowest BCUT2D eigenvalue weighted by atomic mass is 10.1.